The molecule has 3 amide bonds. The van der Waals surface area contributed by atoms with Gasteiger partial charge in [-0.1, -0.05) is 55.0 Å². The van der Waals surface area contributed by atoms with Crippen LogP contribution in [0.2, 0.25) is 0 Å². The molecule has 0 saturated carbocycles. The molecular weight excluding hydrogens is 834 g/mol. The molecule has 1 fully saturated rings. The number of benzene rings is 2. The van der Waals surface area contributed by atoms with Crippen LogP contribution in [0, 0.1) is 11.8 Å². The quantitative estimate of drug-likeness (QED) is 0.0227. The van der Waals surface area contributed by atoms with E-state index in [0.29, 0.717) is 51.9 Å². The third kappa shape index (κ3) is 14.6. The highest BCUT2D eigenvalue weighted by Gasteiger charge is 2.40. The first-order valence-electron chi connectivity index (χ1n) is 23.0. The summed E-state index contributed by atoms with van der Waals surface area (Å²) in [6.07, 6.45) is 8.67. The summed E-state index contributed by atoms with van der Waals surface area (Å²) in [4.78, 5) is 72.5. The van der Waals surface area contributed by atoms with Crippen molar-refractivity contribution in [1.82, 2.24) is 24.9 Å². The third-order valence-electron chi connectivity index (χ3n) is 10.7. The molecule has 5 rings (SSSR count). The molecule has 0 radical (unpaired) electrons. The molecule has 1 unspecified atom stereocenters. The van der Waals surface area contributed by atoms with Gasteiger partial charge in [0.05, 0.1) is 30.0 Å². The van der Waals surface area contributed by atoms with Crippen LogP contribution >= 0.6 is 8.53 Å². The van der Waals surface area contributed by atoms with Crippen LogP contribution in [-0.4, -0.2) is 82.3 Å². The van der Waals surface area contributed by atoms with Gasteiger partial charge in [0.15, 0.2) is 6.40 Å². The van der Waals surface area contributed by atoms with Crippen molar-refractivity contribution >= 4 is 44.4 Å². The molecule has 3 heterocycles. The molecule has 16 heteroatoms. The van der Waals surface area contributed by atoms with E-state index in [1.165, 1.54) is 29.3 Å². The van der Waals surface area contributed by atoms with Crippen LogP contribution in [0.4, 0.5) is 5.69 Å². The highest BCUT2D eigenvalue weighted by molar-refractivity contribution is 7.45. The summed E-state index contributed by atoms with van der Waals surface area (Å²) in [7, 11) is -1.61. The summed E-state index contributed by atoms with van der Waals surface area (Å²) in [5, 5.41) is 5.79. The predicted octanol–water partition coefficient (Wildman–Crippen LogP) is 6.95. The number of nitrogens with zero attached hydrogens (tertiary/aromatic N) is 4. The zero-order valence-corrected chi connectivity index (χ0v) is 38.6. The minimum absolute atomic E-state index is 0.00713. The smallest absolute Gasteiger partial charge is 0.330 e. The number of amides is 3. The number of rotatable bonds is 23. The zero-order chi connectivity index (χ0) is 46.7. The largest absolute Gasteiger partial charge is 0.425 e. The van der Waals surface area contributed by atoms with Crippen molar-refractivity contribution in [2.24, 2.45) is 4.99 Å². The Morgan fingerprint density at radius 3 is 2.39 bits per heavy atom. The highest BCUT2D eigenvalue weighted by atomic mass is 31.2. The first-order chi connectivity index (χ1) is 31.4. The first-order valence-corrected chi connectivity index (χ1v) is 23.4. The van der Waals surface area contributed by atoms with Gasteiger partial charge in [-0.2, -0.15) is 0 Å². The fourth-order valence-corrected chi connectivity index (χ4v) is 9.07. The molecule has 1 aromatic heterocycles. The molecule has 2 aromatic carbocycles. The number of para-hydroxylation sites is 1. The van der Waals surface area contributed by atoms with Gasteiger partial charge in [0.1, 0.15) is 6.23 Å². The van der Waals surface area contributed by atoms with E-state index >= 15 is 0 Å². The van der Waals surface area contributed by atoms with Gasteiger partial charge < -0.3 is 29.3 Å². The minimum Gasteiger partial charge on any atom is -0.425 e. The van der Waals surface area contributed by atoms with Crippen molar-refractivity contribution in [3.63, 3.8) is 0 Å². The van der Waals surface area contributed by atoms with Gasteiger partial charge in [0.25, 0.3) is 5.56 Å². The normalized spacial score (nSPS) is 17.7. The van der Waals surface area contributed by atoms with Gasteiger partial charge in [-0.25, -0.2) is 9.46 Å². The van der Waals surface area contributed by atoms with Crippen molar-refractivity contribution in [2.75, 3.05) is 24.5 Å². The molecule has 4 atom stereocenters. The molecular formula is C48H64N7O8P. The van der Waals surface area contributed by atoms with Crippen molar-refractivity contribution in [2.45, 2.75) is 136 Å². The van der Waals surface area contributed by atoms with E-state index in [1.54, 1.807) is 4.90 Å². The van der Waals surface area contributed by atoms with Gasteiger partial charge in [0.2, 0.25) is 17.7 Å². The number of hydrogen-bond donors (Lipinski definition) is 3. The maximum atomic E-state index is 13.4. The van der Waals surface area contributed by atoms with Crippen LogP contribution in [0.15, 0.2) is 75.4 Å². The number of carbonyl (C=O) groups is 3. The van der Waals surface area contributed by atoms with E-state index < -0.39 is 38.2 Å². The van der Waals surface area contributed by atoms with Crippen LogP contribution in [0.25, 0.3) is 6.08 Å². The fourth-order valence-electron chi connectivity index (χ4n) is 7.45. The fraction of sp³-hybridized carbons (Fsp3) is 0.500. The molecule has 0 aliphatic carbocycles. The van der Waals surface area contributed by atoms with E-state index in [-0.39, 0.29) is 48.7 Å². The van der Waals surface area contributed by atoms with Crippen molar-refractivity contribution in [3.8, 4) is 11.8 Å². The molecule has 15 nitrogen and oxygen atoms in total. The lowest BCUT2D eigenvalue weighted by molar-refractivity contribution is -0.122. The maximum Gasteiger partial charge on any atom is 0.330 e. The molecule has 1 saturated heterocycles. The second-order valence-electron chi connectivity index (χ2n) is 16.3. The summed E-state index contributed by atoms with van der Waals surface area (Å²) < 4.78 is 30.0. The maximum absolute atomic E-state index is 13.4. The SMILES string of the molecule is [2H]C[C@H]1O[C@@H](n2cc(/C=C/C(=O)NCCCCCCNC(=O)CCCCC(=O)N3Cc4ccccc4C#Cc4ccccc43)c(=O)[nH]c2=O)C[C@H]1OP(OC=NCC)N(C(C)C)C(C)C. The number of nitrogens with one attached hydrogen (secondary N) is 3. The second-order valence-corrected chi connectivity index (χ2v) is 17.6. The Hall–Kier alpha value is -5.39. The number of anilines is 1. The average Bonchev–Trinajstić information content (AvgIpc) is 3.68. The van der Waals surface area contributed by atoms with Gasteiger partial charge in [-0.05, 0) is 97.0 Å². The number of H-pyrrole nitrogens is 1. The van der Waals surface area contributed by atoms with Crippen molar-refractivity contribution in [3.05, 3.63) is 104 Å². The van der Waals surface area contributed by atoms with Crippen LogP contribution in [-0.2, 0) is 34.7 Å². The Labute approximate surface area is 379 Å². The first kappa shape index (κ1) is 48.1. The molecule has 0 bridgehead atoms. The van der Waals surface area contributed by atoms with Gasteiger partial charge >= 0.3 is 14.2 Å². The molecule has 64 heavy (non-hydrogen) atoms. The summed E-state index contributed by atoms with van der Waals surface area (Å²) in [5.74, 6) is 6.04. The van der Waals surface area contributed by atoms with Crippen LogP contribution < -0.4 is 26.8 Å². The molecule has 3 N–H and O–H groups in total. The summed E-state index contributed by atoms with van der Waals surface area (Å²) in [6.45, 7) is 11.9. The number of carbonyl (C=O) groups excluding carboxylic acids is 3. The zero-order valence-electron chi connectivity index (χ0n) is 38.7. The molecule has 3 aromatic rings. The number of fused-ring (bicyclic) bond motifs is 2. The van der Waals surface area contributed by atoms with E-state index in [9.17, 15) is 24.0 Å². The number of aliphatic imine (C=N–C) groups is 1. The molecule has 344 valence electrons. The van der Waals surface area contributed by atoms with Gasteiger partial charge in [-0.15, -0.1) is 0 Å². The van der Waals surface area contributed by atoms with Gasteiger partial charge in [0, 0.05) is 75.8 Å². The topological polar surface area (TPSA) is 177 Å². The Morgan fingerprint density at radius 1 is 0.969 bits per heavy atom. The third-order valence-corrected chi connectivity index (χ3v) is 12.7. The lowest BCUT2D eigenvalue weighted by Crippen LogP contribution is -2.35. The highest BCUT2D eigenvalue weighted by Crippen LogP contribution is 2.49. The number of aromatic nitrogens is 2. The van der Waals surface area contributed by atoms with Crippen molar-refractivity contribution in [1.29, 1.82) is 0 Å². The van der Waals surface area contributed by atoms with Crippen molar-refractivity contribution < 1.29 is 29.5 Å². The molecule has 0 spiro atoms. The minimum atomic E-state index is -1.61. The van der Waals surface area contributed by atoms with E-state index in [2.05, 4.69) is 37.1 Å². The molecule has 2 aliphatic rings. The van der Waals surface area contributed by atoms with E-state index in [1.807, 2.05) is 83.1 Å². The number of ether oxygens (including phenoxy) is 1. The molecule has 2 aliphatic heterocycles. The van der Waals surface area contributed by atoms with Crippen LogP contribution in [0.3, 0.4) is 0 Å². The Kier molecular flexibility index (Phi) is 18.9. The number of hydrogen-bond acceptors (Lipinski definition) is 10. The van der Waals surface area contributed by atoms with E-state index in [4.69, 9.17) is 15.2 Å². The van der Waals surface area contributed by atoms with E-state index in [0.717, 1.165) is 48.1 Å². The van der Waals surface area contributed by atoms with Crippen LogP contribution in [0.1, 0.15) is 129 Å². The lowest BCUT2D eigenvalue weighted by Gasteiger charge is -2.36. The average molecular weight is 899 g/mol. The Balaban J connectivity index is 0.986. The number of aromatic amines is 1. The monoisotopic (exact) mass is 898 g/mol. The summed E-state index contributed by atoms with van der Waals surface area (Å²) in [6, 6.07) is 15.8. The number of unbranched alkanes of at least 4 members (excludes halogenated alkanes) is 4. The summed E-state index contributed by atoms with van der Waals surface area (Å²) in [5.41, 5.74) is 2.31. The van der Waals surface area contributed by atoms with Crippen LogP contribution in [0.5, 0.6) is 0 Å². The predicted molar refractivity (Wildman–Crippen MR) is 252 cm³/mol. The lowest BCUT2D eigenvalue weighted by atomic mass is 10.0. The summed E-state index contributed by atoms with van der Waals surface area (Å²) >= 11 is 0. The standard InChI is InChI=1S/C48H64N7O8P/c1-7-49-33-61-64(55(34(2)3)35(4)5)63-42-30-46(62-36(42)6)54-32-40(47(59)52-48(54)60)26-27-44(57)51-29-17-9-8-16-28-50-43(56)22-14-15-23-45(58)53-31-39-20-11-10-18-37(39)24-25-38-19-12-13-21-41(38)53/h10-13,18-21,26-27,32-36,42,46H,7-9,14-17,22-23,28-31H2,1-6H3,(H,50,56)(H,51,57)(H,52,59,60)/b27-26+,49-33?/t36-,42-,46-,64?/m1/s1/i6D. The second kappa shape index (κ2) is 25.2. The Bertz CT molecular complexity index is 2300. The Morgan fingerprint density at radius 2 is 1.66 bits per heavy atom. The van der Waals surface area contributed by atoms with Gasteiger partial charge in [-0.3, -0.25) is 33.7 Å².